The molecular formula is C20H16ClF3N4O2. The number of nitrogens with zero attached hydrogens (tertiary/aromatic N) is 3. The van der Waals surface area contributed by atoms with E-state index in [4.69, 9.17) is 16.4 Å². The molecule has 1 aromatic heterocycles. The molecular weight excluding hydrogens is 421 g/mol. The number of anilines is 1. The molecule has 0 saturated heterocycles. The number of carbonyl (C=O) groups is 1. The van der Waals surface area contributed by atoms with E-state index >= 15 is 0 Å². The van der Waals surface area contributed by atoms with Crippen molar-refractivity contribution >= 4 is 29.4 Å². The molecule has 1 heterocycles. The maximum atomic E-state index is 12.7. The number of para-hydroxylation sites is 1. The predicted octanol–water partition coefficient (Wildman–Crippen LogP) is 4.84. The lowest BCUT2D eigenvalue weighted by Gasteiger charge is -2.09. The maximum Gasteiger partial charge on any atom is 0.416 e. The van der Waals surface area contributed by atoms with Crippen LogP contribution in [0.3, 0.4) is 0 Å². The monoisotopic (exact) mass is 436 g/mol. The van der Waals surface area contributed by atoms with Crippen molar-refractivity contribution in [3.8, 4) is 5.69 Å². The molecule has 2 aromatic carbocycles. The fraction of sp³-hybridized carbons (Fsp3) is 0.150. The minimum Gasteiger partial charge on any atom is -0.386 e. The Morgan fingerprint density at radius 2 is 1.97 bits per heavy atom. The molecule has 6 nitrogen and oxygen atoms in total. The first-order chi connectivity index (χ1) is 14.3. The summed E-state index contributed by atoms with van der Waals surface area (Å²) in [6.45, 7) is 1.25. The first kappa shape index (κ1) is 21.4. The Kier molecular flexibility index (Phi) is 6.41. The molecule has 0 aliphatic heterocycles. The van der Waals surface area contributed by atoms with E-state index in [0.29, 0.717) is 16.4 Å². The Morgan fingerprint density at radius 3 is 2.67 bits per heavy atom. The van der Waals surface area contributed by atoms with Crippen LogP contribution in [0.15, 0.2) is 59.8 Å². The van der Waals surface area contributed by atoms with Crippen LogP contribution >= 0.6 is 11.6 Å². The van der Waals surface area contributed by atoms with E-state index in [9.17, 15) is 18.0 Å². The normalized spacial score (nSPS) is 11.6. The zero-order valence-corrected chi connectivity index (χ0v) is 16.4. The molecule has 30 heavy (non-hydrogen) atoms. The molecule has 3 rings (SSSR count). The number of halogens is 4. The van der Waals surface area contributed by atoms with E-state index in [0.717, 1.165) is 17.8 Å². The third-order valence-electron chi connectivity index (χ3n) is 3.97. The zero-order valence-electron chi connectivity index (χ0n) is 15.7. The summed E-state index contributed by atoms with van der Waals surface area (Å²) in [6.07, 6.45) is -3.18. The van der Waals surface area contributed by atoms with Crippen LogP contribution in [-0.2, 0) is 15.8 Å². The number of alkyl halides is 3. The summed E-state index contributed by atoms with van der Waals surface area (Å²) in [5, 5.41) is 10.7. The van der Waals surface area contributed by atoms with E-state index in [1.165, 1.54) is 18.3 Å². The van der Waals surface area contributed by atoms with Crippen molar-refractivity contribution < 1.29 is 22.8 Å². The van der Waals surface area contributed by atoms with Gasteiger partial charge in [-0.3, -0.25) is 4.79 Å². The van der Waals surface area contributed by atoms with Crippen molar-refractivity contribution in [2.24, 2.45) is 5.16 Å². The number of benzene rings is 2. The van der Waals surface area contributed by atoms with Crippen LogP contribution in [0.4, 0.5) is 18.9 Å². The topological polar surface area (TPSA) is 68.5 Å². The highest BCUT2D eigenvalue weighted by Crippen LogP contribution is 2.30. The number of oxime groups is 1. The number of rotatable bonds is 6. The average molecular weight is 437 g/mol. The second kappa shape index (κ2) is 9.00. The van der Waals surface area contributed by atoms with Gasteiger partial charge in [0.2, 0.25) is 0 Å². The van der Waals surface area contributed by atoms with Gasteiger partial charge in [0.15, 0.2) is 6.61 Å². The van der Waals surface area contributed by atoms with Gasteiger partial charge >= 0.3 is 6.18 Å². The number of aromatic nitrogens is 2. The molecule has 0 bridgehead atoms. The molecule has 0 aliphatic rings. The zero-order chi connectivity index (χ0) is 21.7. The van der Waals surface area contributed by atoms with E-state index in [-0.39, 0.29) is 5.69 Å². The molecule has 1 N–H and O–H groups in total. The van der Waals surface area contributed by atoms with E-state index < -0.39 is 24.3 Å². The molecule has 0 saturated carbocycles. The Hall–Kier alpha value is -3.33. The van der Waals surface area contributed by atoms with Gasteiger partial charge in [0.05, 0.1) is 28.7 Å². The summed E-state index contributed by atoms with van der Waals surface area (Å²) in [7, 11) is 0. The Bertz CT molecular complexity index is 1070. The molecule has 0 radical (unpaired) electrons. The largest absolute Gasteiger partial charge is 0.416 e. The lowest BCUT2D eigenvalue weighted by Crippen LogP contribution is -2.17. The van der Waals surface area contributed by atoms with E-state index in [1.54, 1.807) is 11.6 Å². The fourth-order valence-corrected chi connectivity index (χ4v) is 2.88. The third-order valence-corrected chi connectivity index (χ3v) is 4.34. The van der Waals surface area contributed by atoms with Gasteiger partial charge in [-0.1, -0.05) is 41.0 Å². The van der Waals surface area contributed by atoms with Crippen molar-refractivity contribution in [1.82, 2.24) is 9.78 Å². The molecule has 10 heteroatoms. The molecule has 0 fully saturated rings. The lowest BCUT2D eigenvalue weighted by molar-refractivity contribution is -0.137. The first-order valence-electron chi connectivity index (χ1n) is 8.68. The van der Waals surface area contributed by atoms with Gasteiger partial charge in [0, 0.05) is 5.69 Å². The number of carbonyl (C=O) groups excluding carboxylic acids is 1. The lowest BCUT2D eigenvalue weighted by atomic mass is 10.2. The van der Waals surface area contributed by atoms with Crippen LogP contribution in [0, 0.1) is 6.92 Å². The summed E-state index contributed by atoms with van der Waals surface area (Å²) < 4.78 is 39.7. The van der Waals surface area contributed by atoms with Gasteiger partial charge < -0.3 is 10.2 Å². The molecule has 0 aliphatic carbocycles. The standard InChI is InChI=1S/C20H16ClF3N4O2/c1-13-17(19(21)28(27-13)16-8-3-2-4-9-16)11-25-30-12-18(29)26-15-7-5-6-14(10-15)20(22,23)24/h2-11H,12H2,1H3,(H,26,29)/b25-11-. The van der Waals surface area contributed by atoms with Gasteiger partial charge in [0.1, 0.15) is 5.15 Å². The van der Waals surface area contributed by atoms with E-state index in [2.05, 4.69) is 15.6 Å². The quantitative estimate of drug-likeness (QED) is 0.444. The van der Waals surface area contributed by atoms with Crippen LogP contribution in [-0.4, -0.2) is 28.5 Å². The highest BCUT2D eigenvalue weighted by molar-refractivity contribution is 6.32. The SMILES string of the molecule is Cc1nn(-c2ccccc2)c(Cl)c1/C=N\OCC(=O)Nc1cccc(C(F)(F)F)c1. The minimum atomic E-state index is -4.50. The van der Waals surface area contributed by atoms with Crippen molar-refractivity contribution in [1.29, 1.82) is 0 Å². The van der Waals surface area contributed by atoms with Crippen molar-refractivity contribution in [3.63, 3.8) is 0 Å². The molecule has 156 valence electrons. The van der Waals surface area contributed by atoms with E-state index in [1.807, 2.05) is 30.3 Å². The summed E-state index contributed by atoms with van der Waals surface area (Å²) in [5.74, 6) is -0.658. The van der Waals surface area contributed by atoms with Crippen LogP contribution in [0.25, 0.3) is 5.69 Å². The summed E-state index contributed by atoms with van der Waals surface area (Å²) >= 11 is 6.35. The van der Waals surface area contributed by atoms with Gasteiger partial charge in [-0.25, -0.2) is 4.68 Å². The summed E-state index contributed by atoms with van der Waals surface area (Å²) in [5.41, 5.74) is 1.03. The van der Waals surface area contributed by atoms with Crippen molar-refractivity contribution in [2.75, 3.05) is 11.9 Å². The van der Waals surface area contributed by atoms with Gasteiger partial charge in [-0.05, 0) is 37.3 Å². The molecule has 0 spiro atoms. The molecule has 0 unspecified atom stereocenters. The summed E-state index contributed by atoms with van der Waals surface area (Å²) in [6, 6.07) is 13.5. The number of nitrogens with one attached hydrogen (secondary N) is 1. The highest BCUT2D eigenvalue weighted by Gasteiger charge is 2.30. The number of hydrogen-bond donors (Lipinski definition) is 1. The van der Waals surface area contributed by atoms with Crippen molar-refractivity contribution in [2.45, 2.75) is 13.1 Å². The number of aryl methyl sites for hydroxylation is 1. The third kappa shape index (κ3) is 5.18. The van der Waals surface area contributed by atoms with Gasteiger partial charge in [0.25, 0.3) is 5.91 Å². The fourth-order valence-electron chi connectivity index (χ4n) is 2.55. The number of amides is 1. The van der Waals surface area contributed by atoms with Gasteiger partial charge in [-0.15, -0.1) is 0 Å². The first-order valence-corrected chi connectivity index (χ1v) is 9.06. The second-order valence-electron chi connectivity index (χ2n) is 6.17. The Labute approximate surface area is 174 Å². The van der Waals surface area contributed by atoms with Crippen LogP contribution < -0.4 is 5.32 Å². The molecule has 0 atom stereocenters. The molecule has 3 aromatic rings. The number of hydrogen-bond acceptors (Lipinski definition) is 4. The van der Waals surface area contributed by atoms with Crippen LogP contribution in [0.1, 0.15) is 16.8 Å². The Balaban J connectivity index is 1.59. The highest BCUT2D eigenvalue weighted by atomic mass is 35.5. The van der Waals surface area contributed by atoms with Crippen LogP contribution in [0.2, 0.25) is 5.15 Å². The second-order valence-corrected chi connectivity index (χ2v) is 6.53. The average Bonchev–Trinajstić information content (AvgIpc) is 2.99. The minimum absolute atomic E-state index is 0.00503. The maximum absolute atomic E-state index is 12.7. The summed E-state index contributed by atoms with van der Waals surface area (Å²) in [4.78, 5) is 16.8. The predicted molar refractivity (Wildman–Crippen MR) is 107 cm³/mol. The van der Waals surface area contributed by atoms with Crippen molar-refractivity contribution in [3.05, 3.63) is 76.6 Å². The molecule has 1 amide bonds. The van der Waals surface area contributed by atoms with Gasteiger partial charge in [-0.2, -0.15) is 18.3 Å². The Morgan fingerprint density at radius 1 is 1.23 bits per heavy atom. The van der Waals surface area contributed by atoms with Crippen LogP contribution in [0.5, 0.6) is 0 Å². The smallest absolute Gasteiger partial charge is 0.386 e.